The summed E-state index contributed by atoms with van der Waals surface area (Å²) >= 11 is 0. The summed E-state index contributed by atoms with van der Waals surface area (Å²) in [6.45, 7) is 2.20. The average Bonchev–Trinajstić information content (AvgIpc) is 2.23. The van der Waals surface area contributed by atoms with E-state index in [1.54, 1.807) is 0 Å². The Morgan fingerprint density at radius 2 is 2.25 bits per heavy atom. The van der Waals surface area contributed by atoms with Gasteiger partial charge in [0.25, 0.3) is 0 Å². The van der Waals surface area contributed by atoms with Crippen LogP contribution in [-0.4, -0.2) is 24.1 Å². The van der Waals surface area contributed by atoms with E-state index in [2.05, 4.69) is 10.3 Å². The Kier molecular flexibility index (Phi) is 4.78. The first-order valence-corrected chi connectivity index (χ1v) is 4.83. The van der Waals surface area contributed by atoms with E-state index in [0.717, 1.165) is 18.6 Å². The van der Waals surface area contributed by atoms with E-state index < -0.39 is 17.8 Å². The molecule has 0 radical (unpaired) electrons. The number of pyridine rings is 1. The molecule has 1 N–H and O–H groups in total. The second-order valence-electron chi connectivity index (χ2n) is 3.07. The molecule has 0 unspecified atom stereocenters. The second-order valence-corrected chi connectivity index (χ2v) is 3.07. The Hall–Kier alpha value is -1.56. The monoisotopic (exact) mass is 230 g/mol. The van der Waals surface area contributed by atoms with Crippen molar-refractivity contribution in [2.24, 2.45) is 0 Å². The Morgan fingerprint density at radius 3 is 2.88 bits per heavy atom. The summed E-state index contributed by atoms with van der Waals surface area (Å²) in [6, 6.07) is 2.07. The molecule has 0 spiro atoms. The lowest BCUT2D eigenvalue weighted by atomic mass is 10.4. The molecule has 16 heavy (non-hydrogen) atoms. The van der Waals surface area contributed by atoms with Crippen molar-refractivity contribution in [2.45, 2.75) is 13.3 Å². The summed E-state index contributed by atoms with van der Waals surface area (Å²) in [5, 5.41) is 2.23. The lowest BCUT2D eigenvalue weighted by Crippen LogP contribution is -2.19. The highest BCUT2D eigenvalue weighted by Crippen LogP contribution is 2.11. The van der Waals surface area contributed by atoms with Gasteiger partial charge in [0.2, 0.25) is 17.8 Å². The van der Waals surface area contributed by atoms with Crippen molar-refractivity contribution >= 4 is 11.6 Å². The molecule has 0 aliphatic heterocycles. The molecule has 1 aromatic rings. The molecule has 0 atom stereocenters. The lowest BCUT2D eigenvalue weighted by Gasteiger charge is -2.05. The van der Waals surface area contributed by atoms with E-state index in [9.17, 15) is 13.6 Å². The summed E-state index contributed by atoms with van der Waals surface area (Å²) in [6.07, 6.45) is 0.791. The van der Waals surface area contributed by atoms with E-state index in [-0.39, 0.29) is 12.3 Å². The first-order valence-electron chi connectivity index (χ1n) is 4.83. The molecular formula is C10H12F2N2O2. The zero-order valence-electron chi connectivity index (χ0n) is 8.80. The van der Waals surface area contributed by atoms with Gasteiger partial charge >= 0.3 is 0 Å². The molecule has 0 aromatic carbocycles. The van der Waals surface area contributed by atoms with Crippen molar-refractivity contribution in [3.05, 3.63) is 24.0 Å². The van der Waals surface area contributed by atoms with Crippen LogP contribution < -0.4 is 5.32 Å². The van der Waals surface area contributed by atoms with Gasteiger partial charge in [-0.2, -0.15) is 13.8 Å². The highest BCUT2D eigenvalue weighted by molar-refractivity contribution is 5.91. The number of nitrogens with zero attached hydrogens (tertiary/aromatic N) is 1. The number of aromatic nitrogens is 1. The minimum Gasteiger partial charge on any atom is -0.372 e. The van der Waals surface area contributed by atoms with Crippen LogP contribution >= 0.6 is 0 Å². The average molecular weight is 230 g/mol. The third kappa shape index (κ3) is 3.90. The predicted octanol–water partition coefficient (Wildman–Crippen LogP) is 1.72. The quantitative estimate of drug-likeness (QED) is 0.619. The third-order valence-electron chi connectivity index (χ3n) is 1.67. The molecule has 0 saturated carbocycles. The number of amides is 1. The Balaban J connectivity index is 2.49. The molecule has 6 heteroatoms. The largest absolute Gasteiger partial charge is 0.372 e. The molecule has 1 heterocycles. The number of anilines is 1. The minimum absolute atomic E-state index is 0.161. The number of halogens is 2. The maximum absolute atomic E-state index is 13.0. The van der Waals surface area contributed by atoms with Crippen LogP contribution in [0.5, 0.6) is 0 Å². The van der Waals surface area contributed by atoms with Crippen LogP contribution in [0.4, 0.5) is 14.5 Å². The fourth-order valence-electron chi connectivity index (χ4n) is 1.00. The summed E-state index contributed by atoms with van der Waals surface area (Å²) in [4.78, 5) is 14.1. The SMILES string of the molecule is CCCOCC(=O)Nc1ccc(F)nc1F. The maximum Gasteiger partial charge on any atom is 0.250 e. The zero-order chi connectivity index (χ0) is 12.0. The van der Waals surface area contributed by atoms with Crippen LogP contribution in [0.3, 0.4) is 0 Å². The van der Waals surface area contributed by atoms with E-state index in [1.807, 2.05) is 6.92 Å². The summed E-state index contributed by atoms with van der Waals surface area (Å²) in [5.41, 5.74) is -0.161. The second kappa shape index (κ2) is 6.12. The molecule has 0 bridgehead atoms. The van der Waals surface area contributed by atoms with E-state index in [0.29, 0.717) is 6.61 Å². The molecule has 0 aliphatic carbocycles. The molecule has 1 rings (SSSR count). The van der Waals surface area contributed by atoms with Crippen LogP contribution in [0.25, 0.3) is 0 Å². The van der Waals surface area contributed by atoms with Gasteiger partial charge in [-0.1, -0.05) is 6.92 Å². The van der Waals surface area contributed by atoms with E-state index in [1.165, 1.54) is 0 Å². The van der Waals surface area contributed by atoms with Gasteiger partial charge in [0, 0.05) is 6.61 Å². The highest BCUT2D eigenvalue weighted by Gasteiger charge is 2.08. The predicted molar refractivity (Wildman–Crippen MR) is 53.9 cm³/mol. The summed E-state index contributed by atoms with van der Waals surface area (Å²) < 4.78 is 30.4. The number of carbonyl (C=O) groups excluding carboxylic acids is 1. The van der Waals surface area contributed by atoms with Gasteiger partial charge in [0.15, 0.2) is 0 Å². The van der Waals surface area contributed by atoms with E-state index >= 15 is 0 Å². The molecule has 4 nitrogen and oxygen atoms in total. The van der Waals surface area contributed by atoms with E-state index in [4.69, 9.17) is 4.74 Å². The molecule has 0 aliphatic rings. The first-order chi connectivity index (χ1) is 7.63. The van der Waals surface area contributed by atoms with Crippen molar-refractivity contribution < 1.29 is 18.3 Å². The fraction of sp³-hybridized carbons (Fsp3) is 0.400. The van der Waals surface area contributed by atoms with Crippen LogP contribution in [-0.2, 0) is 9.53 Å². The summed E-state index contributed by atoms with van der Waals surface area (Å²) in [7, 11) is 0. The van der Waals surface area contributed by atoms with Crippen molar-refractivity contribution in [2.75, 3.05) is 18.5 Å². The van der Waals surface area contributed by atoms with Crippen molar-refractivity contribution in [1.82, 2.24) is 4.98 Å². The van der Waals surface area contributed by atoms with Gasteiger partial charge in [-0.25, -0.2) is 0 Å². The number of ether oxygens (including phenoxy) is 1. The van der Waals surface area contributed by atoms with Crippen LogP contribution in [0.1, 0.15) is 13.3 Å². The van der Waals surface area contributed by atoms with Gasteiger partial charge in [-0.15, -0.1) is 0 Å². The van der Waals surface area contributed by atoms with Gasteiger partial charge in [0.1, 0.15) is 6.61 Å². The molecule has 1 amide bonds. The topological polar surface area (TPSA) is 51.2 Å². The molecule has 88 valence electrons. The number of carbonyl (C=O) groups is 1. The molecule has 1 aromatic heterocycles. The van der Waals surface area contributed by atoms with Crippen LogP contribution in [0.15, 0.2) is 12.1 Å². The number of hydrogen-bond donors (Lipinski definition) is 1. The zero-order valence-corrected chi connectivity index (χ0v) is 8.80. The minimum atomic E-state index is -1.05. The third-order valence-corrected chi connectivity index (χ3v) is 1.67. The van der Waals surface area contributed by atoms with Crippen molar-refractivity contribution in [1.29, 1.82) is 0 Å². The van der Waals surface area contributed by atoms with Gasteiger partial charge in [0.05, 0.1) is 5.69 Å². The van der Waals surface area contributed by atoms with Gasteiger partial charge in [-0.3, -0.25) is 4.79 Å². The highest BCUT2D eigenvalue weighted by atomic mass is 19.1. The lowest BCUT2D eigenvalue weighted by molar-refractivity contribution is -0.120. The number of hydrogen-bond acceptors (Lipinski definition) is 3. The smallest absolute Gasteiger partial charge is 0.250 e. The molecular weight excluding hydrogens is 218 g/mol. The normalized spacial score (nSPS) is 10.2. The standard InChI is InChI=1S/C10H12F2N2O2/c1-2-5-16-6-9(15)13-7-3-4-8(11)14-10(7)12/h3-4H,2,5-6H2,1H3,(H,13,15). The number of nitrogens with one attached hydrogen (secondary N) is 1. The van der Waals surface area contributed by atoms with Crippen LogP contribution in [0, 0.1) is 11.9 Å². The van der Waals surface area contributed by atoms with Gasteiger partial charge in [-0.05, 0) is 18.6 Å². The fourth-order valence-corrected chi connectivity index (χ4v) is 1.00. The molecule has 0 saturated heterocycles. The number of rotatable bonds is 5. The van der Waals surface area contributed by atoms with Crippen molar-refractivity contribution in [3.8, 4) is 0 Å². The van der Waals surface area contributed by atoms with Crippen LogP contribution in [0.2, 0.25) is 0 Å². The maximum atomic E-state index is 13.0. The Morgan fingerprint density at radius 1 is 1.50 bits per heavy atom. The first kappa shape index (κ1) is 12.5. The Labute approximate surface area is 91.6 Å². The molecule has 0 fully saturated rings. The van der Waals surface area contributed by atoms with Gasteiger partial charge < -0.3 is 10.1 Å². The Bertz CT molecular complexity index is 372. The van der Waals surface area contributed by atoms with Crippen molar-refractivity contribution in [3.63, 3.8) is 0 Å². The summed E-state index contributed by atoms with van der Waals surface area (Å²) in [5.74, 6) is -2.48.